The number of aliphatic hydroxyl groups excluding tert-OH is 1. The third-order valence-electron chi connectivity index (χ3n) is 7.33. The first-order chi connectivity index (χ1) is 17.5. The molecule has 0 aliphatic carbocycles. The lowest BCUT2D eigenvalue weighted by Gasteiger charge is -2.36. The smallest absolute Gasteiger partial charge is 0.246 e. The van der Waals surface area contributed by atoms with Crippen LogP contribution in [0.15, 0.2) is 24.3 Å². The Bertz CT molecular complexity index is 1010. The third-order valence-corrected chi connectivity index (χ3v) is 8.17. The molecule has 3 amide bonds. The van der Waals surface area contributed by atoms with Gasteiger partial charge in [0, 0.05) is 29.2 Å². The van der Waals surface area contributed by atoms with E-state index < -0.39 is 35.1 Å². The van der Waals surface area contributed by atoms with Crippen molar-refractivity contribution < 1.29 is 29.0 Å². The zero-order valence-electron chi connectivity index (χ0n) is 22.0. The van der Waals surface area contributed by atoms with Gasteiger partial charge in [0.25, 0.3) is 0 Å². The lowest BCUT2D eigenvalue weighted by Crippen LogP contribution is -2.58. The van der Waals surface area contributed by atoms with Crippen molar-refractivity contribution in [2.24, 2.45) is 11.8 Å². The van der Waals surface area contributed by atoms with Crippen molar-refractivity contribution >= 4 is 39.3 Å². The van der Waals surface area contributed by atoms with Crippen LogP contribution in [0.4, 0.5) is 5.69 Å². The Kier molecular flexibility index (Phi) is 8.21. The number of likely N-dealkylation sites (tertiary alicyclic amines) is 1. The number of nitrogens with one attached hydrogen (secondary N) is 2. The molecule has 0 aromatic heterocycles. The number of rotatable bonds is 10. The number of fused-ring (bicyclic) bond motifs is 1. The first-order valence-electron chi connectivity index (χ1n) is 13.1. The molecule has 1 spiro atoms. The predicted molar refractivity (Wildman–Crippen MR) is 142 cm³/mol. The van der Waals surface area contributed by atoms with Gasteiger partial charge in [-0.15, -0.1) is 0 Å². The fraction of sp³-hybridized carbons (Fsp3) is 0.667. The number of anilines is 1. The van der Waals surface area contributed by atoms with E-state index in [1.54, 1.807) is 29.2 Å². The number of ether oxygens (including phenoxy) is 2. The van der Waals surface area contributed by atoms with Gasteiger partial charge in [0.2, 0.25) is 17.7 Å². The number of aliphatic hydroxyl groups is 1. The summed E-state index contributed by atoms with van der Waals surface area (Å²) in [5.41, 5.74) is -0.972. The fourth-order valence-corrected chi connectivity index (χ4v) is 6.95. The minimum Gasteiger partial charge on any atom is -0.494 e. The Morgan fingerprint density at radius 3 is 2.51 bits per heavy atom. The average molecular weight is 581 g/mol. The molecular formula is C27H38BrN3O6. The Balaban J connectivity index is 1.62. The molecule has 3 saturated heterocycles. The first kappa shape index (κ1) is 27.9. The van der Waals surface area contributed by atoms with Gasteiger partial charge in [-0.3, -0.25) is 14.4 Å². The number of unbranched alkanes of at least 4 members (excludes halogenated alkanes) is 2. The quantitative estimate of drug-likeness (QED) is 0.290. The van der Waals surface area contributed by atoms with Crippen molar-refractivity contribution in [2.75, 3.05) is 25.1 Å². The number of nitrogens with zero attached hydrogens (tertiary/aromatic N) is 1. The SMILES string of the molecule is CCOc1ccc(NC(=O)[C@H]2[C@H]3C(=O)N(CCCCCO)C(C(=O)NC(C)(C)C)C34CC(Br)[C@@H]2O4)cc1. The van der Waals surface area contributed by atoms with E-state index >= 15 is 0 Å². The predicted octanol–water partition coefficient (Wildman–Crippen LogP) is 2.85. The van der Waals surface area contributed by atoms with Gasteiger partial charge in [-0.25, -0.2) is 0 Å². The Labute approximate surface area is 226 Å². The van der Waals surface area contributed by atoms with Gasteiger partial charge in [0.15, 0.2) is 0 Å². The number of halogens is 1. The number of amides is 3. The molecule has 9 nitrogen and oxygen atoms in total. The summed E-state index contributed by atoms with van der Waals surface area (Å²) in [7, 11) is 0. The van der Waals surface area contributed by atoms with Gasteiger partial charge in [-0.2, -0.15) is 0 Å². The standard InChI is InChI=1S/C27H38BrN3O6/c1-5-36-17-11-9-16(10-12-17)29-23(33)19-20-25(35)31(13-7-6-8-14-32)22(24(34)30-26(2,3)4)27(20)15-18(28)21(19)37-27/h9-12,18-22,32H,5-8,13-15H2,1-4H3,(H,29,33)(H,30,34)/t18?,19-,20-,21-,22?,27?/m0/s1. The van der Waals surface area contributed by atoms with Crippen LogP contribution in [0.2, 0.25) is 0 Å². The van der Waals surface area contributed by atoms with Gasteiger partial charge in [0.05, 0.1) is 24.5 Å². The highest BCUT2D eigenvalue weighted by Gasteiger charge is 2.76. The normalized spacial score (nSPS) is 30.4. The molecule has 2 bridgehead atoms. The number of benzene rings is 1. The minimum absolute atomic E-state index is 0.0816. The molecular weight excluding hydrogens is 542 g/mol. The highest BCUT2D eigenvalue weighted by atomic mass is 79.9. The summed E-state index contributed by atoms with van der Waals surface area (Å²) in [6.45, 7) is 8.60. The van der Waals surface area contributed by atoms with Crippen LogP contribution in [0.3, 0.4) is 0 Å². The molecule has 3 N–H and O–H groups in total. The summed E-state index contributed by atoms with van der Waals surface area (Å²) in [4.78, 5) is 42.6. The molecule has 1 aromatic rings. The molecule has 4 rings (SSSR count). The summed E-state index contributed by atoms with van der Waals surface area (Å²) in [6, 6.07) is 6.27. The van der Waals surface area contributed by atoms with Crippen LogP contribution >= 0.6 is 15.9 Å². The second-order valence-electron chi connectivity index (χ2n) is 11.2. The summed E-state index contributed by atoms with van der Waals surface area (Å²) < 4.78 is 12.0. The molecule has 204 valence electrons. The van der Waals surface area contributed by atoms with E-state index in [0.29, 0.717) is 43.9 Å². The molecule has 6 atom stereocenters. The van der Waals surface area contributed by atoms with E-state index in [0.717, 1.165) is 6.42 Å². The van der Waals surface area contributed by atoms with Crippen LogP contribution in [0.1, 0.15) is 53.4 Å². The van der Waals surface area contributed by atoms with Crippen molar-refractivity contribution in [1.82, 2.24) is 10.2 Å². The molecule has 3 fully saturated rings. The van der Waals surface area contributed by atoms with Gasteiger partial charge in [-0.1, -0.05) is 15.9 Å². The van der Waals surface area contributed by atoms with Crippen molar-refractivity contribution in [2.45, 2.75) is 81.5 Å². The Morgan fingerprint density at radius 2 is 1.89 bits per heavy atom. The topological polar surface area (TPSA) is 117 Å². The van der Waals surface area contributed by atoms with E-state index in [-0.39, 0.29) is 29.2 Å². The van der Waals surface area contributed by atoms with E-state index in [4.69, 9.17) is 14.6 Å². The first-order valence-corrected chi connectivity index (χ1v) is 14.0. The van der Waals surface area contributed by atoms with Crippen LogP contribution in [-0.4, -0.2) is 75.6 Å². The highest BCUT2D eigenvalue weighted by molar-refractivity contribution is 9.09. The molecule has 3 heterocycles. The van der Waals surface area contributed by atoms with Crippen LogP contribution in [0.5, 0.6) is 5.75 Å². The number of carbonyl (C=O) groups excluding carboxylic acids is 3. The molecule has 0 saturated carbocycles. The minimum atomic E-state index is -1.08. The van der Waals surface area contributed by atoms with Crippen LogP contribution in [-0.2, 0) is 19.1 Å². The molecule has 10 heteroatoms. The van der Waals surface area contributed by atoms with Crippen LogP contribution in [0.25, 0.3) is 0 Å². The highest BCUT2D eigenvalue weighted by Crippen LogP contribution is 2.60. The maximum atomic E-state index is 13.9. The van der Waals surface area contributed by atoms with Crippen molar-refractivity contribution in [3.8, 4) is 5.75 Å². The van der Waals surface area contributed by atoms with Crippen molar-refractivity contribution in [3.63, 3.8) is 0 Å². The van der Waals surface area contributed by atoms with E-state index in [9.17, 15) is 14.4 Å². The second-order valence-corrected chi connectivity index (χ2v) is 12.3. The number of carbonyl (C=O) groups is 3. The van der Waals surface area contributed by atoms with Crippen molar-refractivity contribution in [1.29, 1.82) is 0 Å². The summed E-state index contributed by atoms with van der Waals surface area (Å²) in [6.07, 6.45) is 1.97. The van der Waals surface area contributed by atoms with Crippen LogP contribution in [0, 0.1) is 11.8 Å². The van der Waals surface area contributed by atoms with Crippen molar-refractivity contribution in [3.05, 3.63) is 24.3 Å². The van der Waals surface area contributed by atoms with E-state index in [2.05, 4.69) is 26.6 Å². The largest absolute Gasteiger partial charge is 0.494 e. The lowest BCUT2D eigenvalue weighted by molar-refractivity contribution is -0.142. The molecule has 3 aliphatic heterocycles. The second kappa shape index (κ2) is 10.9. The Hall–Kier alpha value is -2.17. The zero-order chi connectivity index (χ0) is 27.0. The molecule has 3 aliphatic rings. The van der Waals surface area contributed by atoms with Crippen LogP contribution < -0.4 is 15.4 Å². The molecule has 37 heavy (non-hydrogen) atoms. The summed E-state index contributed by atoms with van der Waals surface area (Å²) in [5.74, 6) is -1.55. The lowest BCUT2D eigenvalue weighted by atomic mass is 9.70. The third kappa shape index (κ3) is 5.38. The molecule has 3 unspecified atom stereocenters. The average Bonchev–Trinajstić information content (AvgIpc) is 3.40. The monoisotopic (exact) mass is 579 g/mol. The number of alkyl halides is 1. The molecule has 1 aromatic carbocycles. The summed E-state index contributed by atoms with van der Waals surface area (Å²) in [5, 5.41) is 15.1. The summed E-state index contributed by atoms with van der Waals surface area (Å²) >= 11 is 3.69. The number of hydrogen-bond acceptors (Lipinski definition) is 6. The zero-order valence-corrected chi connectivity index (χ0v) is 23.5. The van der Waals surface area contributed by atoms with Gasteiger partial charge < -0.3 is 30.1 Å². The Morgan fingerprint density at radius 1 is 1.19 bits per heavy atom. The maximum Gasteiger partial charge on any atom is 0.246 e. The van der Waals surface area contributed by atoms with Gasteiger partial charge in [-0.05, 0) is 77.6 Å². The van der Waals surface area contributed by atoms with Gasteiger partial charge in [0.1, 0.15) is 17.4 Å². The maximum absolute atomic E-state index is 13.9. The number of hydrogen-bond donors (Lipinski definition) is 3. The van der Waals surface area contributed by atoms with E-state index in [1.807, 2.05) is 27.7 Å². The van der Waals surface area contributed by atoms with E-state index in [1.165, 1.54) is 0 Å². The van der Waals surface area contributed by atoms with Gasteiger partial charge >= 0.3 is 0 Å². The fourth-order valence-electron chi connectivity index (χ4n) is 6.01. The molecule has 0 radical (unpaired) electrons.